The molecular weight excluding hydrogens is 292 g/mol. The minimum Gasteiger partial charge on any atom is -0.126 e. The second-order valence-corrected chi connectivity index (χ2v) is 13.5. The van der Waals surface area contributed by atoms with E-state index in [1.165, 1.54) is 36.8 Å². The van der Waals surface area contributed by atoms with E-state index in [-0.39, 0.29) is 0 Å². The van der Waals surface area contributed by atoms with Crippen molar-refractivity contribution in [3.8, 4) is 11.5 Å². The highest BCUT2D eigenvalue weighted by atomic mass is 28.3. The molecule has 0 N–H and O–H groups in total. The van der Waals surface area contributed by atoms with Gasteiger partial charge in [-0.3, -0.25) is 0 Å². The second-order valence-electron chi connectivity index (χ2n) is 8.54. The first kappa shape index (κ1) is 18.1. The highest BCUT2D eigenvalue weighted by molar-refractivity contribution is 6.87. The standard InChI is InChI=1S/C22H32Si/c1-18(16-17-23(5,6)22(2,3)4)19-12-14-21(15-13-19)20-10-8-7-9-11-20/h7-11,21H,12-15H2,1-6H3. The van der Waals surface area contributed by atoms with Gasteiger partial charge in [-0.2, -0.15) is 0 Å². The zero-order valence-electron chi connectivity index (χ0n) is 15.8. The monoisotopic (exact) mass is 324 g/mol. The van der Waals surface area contributed by atoms with Crippen LogP contribution in [0.25, 0.3) is 0 Å². The van der Waals surface area contributed by atoms with E-state index < -0.39 is 8.07 Å². The van der Waals surface area contributed by atoms with Gasteiger partial charge in [-0.25, -0.2) is 0 Å². The summed E-state index contributed by atoms with van der Waals surface area (Å²) in [4.78, 5) is 0. The Balaban J connectivity index is 2.05. The molecule has 124 valence electrons. The van der Waals surface area contributed by atoms with E-state index in [0.29, 0.717) is 5.04 Å². The van der Waals surface area contributed by atoms with Crippen molar-refractivity contribution >= 4 is 8.07 Å². The van der Waals surface area contributed by atoms with Gasteiger partial charge in [-0.1, -0.05) is 75.7 Å². The molecule has 0 nitrogen and oxygen atoms in total. The Bertz CT molecular complexity index is 607. The van der Waals surface area contributed by atoms with Crippen LogP contribution in [0, 0.1) is 11.5 Å². The summed E-state index contributed by atoms with van der Waals surface area (Å²) in [7, 11) is -1.49. The molecule has 1 aliphatic rings. The van der Waals surface area contributed by atoms with Crippen LogP contribution in [0.2, 0.25) is 18.1 Å². The Hall–Kier alpha value is -1.26. The SMILES string of the molecule is CC(C#C[Si](C)(C)C(C)(C)C)=C1CCC(c2ccccc2)CC1. The normalized spacial score (nSPS) is 19.0. The van der Waals surface area contributed by atoms with E-state index >= 15 is 0 Å². The number of allylic oxidation sites excluding steroid dienone is 2. The minimum absolute atomic E-state index is 0.343. The molecule has 0 spiro atoms. The van der Waals surface area contributed by atoms with Gasteiger partial charge in [0, 0.05) is 0 Å². The van der Waals surface area contributed by atoms with Crippen LogP contribution >= 0.6 is 0 Å². The molecule has 0 heterocycles. The van der Waals surface area contributed by atoms with E-state index in [0.717, 1.165) is 5.92 Å². The lowest BCUT2D eigenvalue weighted by Crippen LogP contribution is -2.35. The summed E-state index contributed by atoms with van der Waals surface area (Å²) < 4.78 is 0. The third-order valence-corrected chi connectivity index (χ3v) is 10.3. The lowest BCUT2D eigenvalue weighted by atomic mass is 9.80. The van der Waals surface area contributed by atoms with E-state index in [9.17, 15) is 0 Å². The molecule has 1 aliphatic carbocycles. The van der Waals surface area contributed by atoms with Gasteiger partial charge in [0.1, 0.15) is 8.07 Å². The van der Waals surface area contributed by atoms with Crippen molar-refractivity contribution in [2.45, 2.75) is 77.4 Å². The molecule has 0 radical (unpaired) electrons. The third kappa shape index (κ3) is 4.61. The predicted octanol–water partition coefficient (Wildman–Crippen LogP) is 6.71. The Labute approximate surface area is 144 Å². The molecule has 0 amide bonds. The summed E-state index contributed by atoms with van der Waals surface area (Å²) in [5, 5.41) is 0.343. The lowest BCUT2D eigenvalue weighted by molar-refractivity contribution is 0.514. The quantitative estimate of drug-likeness (QED) is 0.397. The summed E-state index contributed by atoms with van der Waals surface area (Å²) in [6, 6.07) is 11.0. The largest absolute Gasteiger partial charge is 0.138 e. The average molecular weight is 325 g/mol. The van der Waals surface area contributed by atoms with Crippen LogP contribution < -0.4 is 0 Å². The fourth-order valence-corrected chi connectivity index (χ4v) is 3.80. The Morgan fingerprint density at radius 2 is 1.61 bits per heavy atom. The van der Waals surface area contributed by atoms with Crippen LogP contribution in [0.1, 0.15) is 64.9 Å². The Morgan fingerprint density at radius 3 is 2.13 bits per heavy atom. The van der Waals surface area contributed by atoms with Gasteiger partial charge < -0.3 is 0 Å². The van der Waals surface area contributed by atoms with Crippen molar-refractivity contribution in [2.24, 2.45) is 0 Å². The number of rotatable bonds is 1. The smallest absolute Gasteiger partial charge is 0.126 e. The van der Waals surface area contributed by atoms with Gasteiger partial charge in [0.25, 0.3) is 0 Å². The van der Waals surface area contributed by atoms with Gasteiger partial charge >= 0.3 is 0 Å². The highest BCUT2D eigenvalue weighted by Gasteiger charge is 2.33. The molecule has 0 bridgehead atoms. The average Bonchev–Trinajstić information content (AvgIpc) is 2.52. The van der Waals surface area contributed by atoms with Crippen LogP contribution in [0.4, 0.5) is 0 Å². The number of hydrogen-bond donors (Lipinski definition) is 0. The second kappa shape index (κ2) is 7.10. The van der Waals surface area contributed by atoms with Gasteiger partial charge in [-0.05, 0) is 54.7 Å². The van der Waals surface area contributed by atoms with E-state index in [4.69, 9.17) is 0 Å². The molecule has 1 aromatic rings. The lowest BCUT2D eigenvalue weighted by Gasteiger charge is -2.31. The molecule has 0 aromatic heterocycles. The van der Waals surface area contributed by atoms with Crippen molar-refractivity contribution in [3.63, 3.8) is 0 Å². The van der Waals surface area contributed by atoms with Crippen LogP contribution in [-0.2, 0) is 0 Å². The summed E-state index contributed by atoms with van der Waals surface area (Å²) in [5.41, 5.74) is 8.13. The van der Waals surface area contributed by atoms with Crippen molar-refractivity contribution in [3.05, 3.63) is 47.0 Å². The molecule has 0 saturated heterocycles. The number of hydrogen-bond acceptors (Lipinski definition) is 0. The molecule has 2 rings (SSSR count). The Morgan fingerprint density at radius 1 is 1.04 bits per heavy atom. The van der Waals surface area contributed by atoms with Gasteiger partial charge in [0.2, 0.25) is 0 Å². The van der Waals surface area contributed by atoms with Crippen LogP contribution in [-0.4, -0.2) is 8.07 Å². The van der Waals surface area contributed by atoms with Crippen molar-refractivity contribution in [1.82, 2.24) is 0 Å². The topological polar surface area (TPSA) is 0 Å². The first-order valence-corrected chi connectivity index (χ1v) is 12.0. The molecular formula is C22H32Si. The van der Waals surface area contributed by atoms with Crippen LogP contribution in [0.3, 0.4) is 0 Å². The molecule has 0 unspecified atom stereocenters. The first-order chi connectivity index (χ1) is 10.7. The summed E-state index contributed by atoms with van der Waals surface area (Å²) in [5.74, 6) is 4.28. The summed E-state index contributed by atoms with van der Waals surface area (Å²) in [6.07, 6.45) is 4.99. The zero-order chi connectivity index (χ0) is 17.1. The fourth-order valence-electron chi connectivity index (χ4n) is 2.93. The maximum absolute atomic E-state index is 3.67. The molecule has 1 aromatic carbocycles. The summed E-state index contributed by atoms with van der Waals surface area (Å²) >= 11 is 0. The van der Waals surface area contributed by atoms with Crippen molar-refractivity contribution < 1.29 is 0 Å². The van der Waals surface area contributed by atoms with Crippen molar-refractivity contribution in [1.29, 1.82) is 0 Å². The fraction of sp³-hybridized carbons (Fsp3) is 0.545. The molecule has 1 heteroatoms. The van der Waals surface area contributed by atoms with Gasteiger partial charge in [-0.15, -0.1) is 5.54 Å². The van der Waals surface area contributed by atoms with Crippen LogP contribution in [0.15, 0.2) is 41.5 Å². The molecule has 1 saturated carbocycles. The van der Waals surface area contributed by atoms with Gasteiger partial charge in [0.15, 0.2) is 0 Å². The molecule has 0 aliphatic heterocycles. The highest BCUT2D eigenvalue weighted by Crippen LogP contribution is 2.37. The predicted molar refractivity (Wildman–Crippen MR) is 105 cm³/mol. The third-order valence-electron chi connectivity index (χ3n) is 5.83. The molecule has 23 heavy (non-hydrogen) atoms. The van der Waals surface area contributed by atoms with E-state index in [2.05, 4.69) is 82.6 Å². The van der Waals surface area contributed by atoms with Crippen LogP contribution in [0.5, 0.6) is 0 Å². The van der Waals surface area contributed by atoms with Gasteiger partial charge in [0.05, 0.1) is 0 Å². The van der Waals surface area contributed by atoms with E-state index in [1.807, 2.05) is 0 Å². The molecule has 0 atom stereocenters. The minimum atomic E-state index is -1.49. The van der Waals surface area contributed by atoms with E-state index in [1.54, 1.807) is 5.57 Å². The maximum atomic E-state index is 3.67. The summed E-state index contributed by atoms with van der Waals surface area (Å²) in [6.45, 7) is 14.0. The van der Waals surface area contributed by atoms with Crippen molar-refractivity contribution in [2.75, 3.05) is 0 Å². The number of benzene rings is 1. The Kier molecular flexibility index (Phi) is 5.58. The maximum Gasteiger partial charge on any atom is 0.138 e. The molecule has 1 fully saturated rings. The first-order valence-electron chi connectivity index (χ1n) is 8.97. The zero-order valence-corrected chi connectivity index (χ0v) is 16.8.